The molecule has 1 aromatic rings. The van der Waals surface area contributed by atoms with Gasteiger partial charge in [0.1, 0.15) is 0 Å². The van der Waals surface area contributed by atoms with Gasteiger partial charge < -0.3 is 5.32 Å². The summed E-state index contributed by atoms with van der Waals surface area (Å²) in [5.74, 6) is 0.0263. The first-order chi connectivity index (χ1) is 8.43. The normalized spacial score (nSPS) is 12.2. The molecule has 0 bridgehead atoms. The molecule has 1 rings (SSSR count). The minimum atomic E-state index is -0.0395. The number of amides is 1. The van der Waals surface area contributed by atoms with Gasteiger partial charge in [0.05, 0.1) is 0 Å². The molecule has 18 heavy (non-hydrogen) atoms. The maximum Gasteiger partial charge on any atom is 0.220 e. The molecule has 100 valence electrons. The zero-order valence-corrected chi connectivity index (χ0v) is 12.3. The van der Waals surface area contributed by atoms with Gasteiger partial charge >= 0.3 is 0 Å². The molecule has 0 aliphatic carbocycles. The number of Topliss-reactive ketones (excluding diaryl/α,β-unsaturated/α-hetero) is 1. The lowest BCUT2D eigenvalue weighted by molar-refractivity contribution is -0.121. The summed E-state index contributed by atoms with van der Waals surface area (Å²) < 4.78 is 0. The van der Waals surface area contributed by atoms with Crippen LogP contribution in [0.2, 0.25) is 0 Å². The number of rotatable bonds is 6. The maximum atomic E-state index is 12.0. The van der Waals surface area contributed by atoms with Crippen molar-refractivity contribution in [2.24, 2.45) is 0 Å². The number of carbonyl (C=O) groups excluding carboxylic acids is 2. The summed E-state index contributed by atoms with van der Waals surface area (Å²) in [5.41, 5.74) is 0.772. The van der Waals surface area contributed by atoms with Gasteiger partial charge in [0.25, 0.3) is 0 Å². The second-order valence-electron chi connectivity index (χ2n) is 4.63. The summed E-state index contributed by atoms with van der Waals surface area (Å²) >= 11 is 1.62. The third-order valence-corrected chi connectivity index (χ3v) is 3.91. The first-order valence-electron chi connectivity index (χ1n) is 6.33. The monoisotopic (exact) mass is 267 g/mol. The Morgan fingerprint density at radius 1 is 1.33 bits per heavy atom. The molecule has 0 saturated carbocycles. The van der Waals surface area contributed by atoms with Gasteiger partial charge in [-0.2, -0.15) is 0 Å². The Morgan fingerprint density at radius 3 is 2.50 bits per heavy atom. The van der Waals surface area contributed by atoms with Crippen molar-refractivity contribution in [1.82, 2.24) is 5.32 Å². The molecule has 3 nitrogen and oxygen atoms in total. The van der Waals surface area contributed by atoms with E-state index < -0.39 is 0 Å². The summed E-state index contributed by atoms with van der Waals surface area (Å²) in [4.78, 5) is 25.7. The molecule has 0 radical (unpaired) electrons. The SMILES string of the molecule is CCC(C)NC(=O)CCC(=O)c1cc(C)sc1C. The van der Waals surface area contributed by atoms with E-state index >= 15 is 0 Å². The molecule has 0 spiro atoms. The minimum Gasteiger partial charge on any atom is -0.354 e. The molecule has 4 heteroatoms. The van der Waals surface area contributed by atoms with Crippen LogP contribution in [0.1, 0.15) is 53.2 Å². The molecule has 1 heterocycles. The highest BCUT2D eigenvalue weighted by Crippen LogP contribution is 2.22. The summed E-state index contributed by atoms with van der Waals surface area (Å²) in [6.07, 6.45) is 1.47. The minimum absolute atomic E-state index is 0.0395. The van der Waals surface area contributed by atoms with Gasteiger partial charge in [0.15, 0.2) is 5.78 Å². The highest BCUT2D eigenvalue weighted by molar-refractivity contribution is 7.12. The average Bonchev–Trinajstić information content (AvgIpc) is 2.65. The van der Waals surface area contributed by atoms with Gasteiger partial charge in [-0.05, 0) is 33.3 Å². The molecule has 1 N–H and O–H groups in total. The quantitative estimate of drug-likeness (QED) is 0.804. The summed E-state index contributed by atoms with van der Waals surface area (Å²) in [6.45, 7) is 7.92. The van der Waals surface area contributed by atoms with Crippen LogP contribution in [-0.2, 0) is 4.79 Å². The Bertz CT molecular complexity index is 437. The van der Waals surface area contributed by atoms with E-state index in [1.807, 2.05) is 33.8 Å². The molecule has 0 aliphatic rings. The first-order valence-corrected chi connectivity index (χ1v) is 7.15. The zero-order valence-electron chi connectivity index (χ0n) is 11.5. The molecule has 1 amide bonds. The predicted octanol–water partition coefficient (Wildman–Crippen LogP) is 3.24. The number of carbonyl (C=O) groups is 2. The Kier molecular flexibility index (Phi) is 5.54. The molecular formula is C14H21NO2S. The molecule has 1 unspecified atom stereocenters. The fourth-order valence-electron chi connectivity index (χ4n) is 1.72. The molecule has 0 saturated heterocycles. The smallest absolute Gasteiger partial charge is 0.220 e. The van der Waals surface area contributed by atoms with Crippen LogP contribution in [0.3, 0.4) is 0 Å². The fourth-order valence-corrected chi connectivity index (χ4v) is 2.66. The summed E-state index contributed by atoms with van der Waals surface area (Å²) in [6, 6.07) is 2.09. The van der Waals surface area contributed by atoms with Gasteiger partial charge in [0.2, 0.25) is 5.91 Å². The van der Waals surface area contributed by atoms with Crippen molar-refractivity contribution in [2.75, 3.05) is 0 Å². The van der Waals surface area contributed by atoms with Crippen molar-refractivity contribution >= 4 is 23.0 Å². The molecule has 1 atom stereocenters. The van der Waals surface area contributed by atoms with Crippen molar-refractivity contribution in [3.8, 4) is 0 Å². The topological polar surface area (TPSA) is 46.2 Å². The van der Waals surface area contributed by atoms with E-state index in [9.17, 15) is 9.59 Å². The van der Waals surface area contributed by atoms with Gasteiger partial charge in [0, 0.05) is 34.2 Å². The van der Waals surface area contributed by atoms with E-state index in [1.165, 1.54) is 0 Å². The van der Waals surface area contributed by atoms with Crippen LogP contribution in [0.15, 0.2) is 6.07 Å². The highest BCUT2D eigenvalue weighted by atomic mass is 32.1. The third-order valence-electron chi connectivity index (χ3n) is 2.94. The van der Waals surface area contributed by atoms with Crippen molar-refractivity contribution in [1.29, 1.82) is 0 Å². The van der Waals surface area contributed by atoms with Crippen LogP contribution < -0.4 is 5.32 Å². The Hall–Kier alpha value is -1.16. The van der Waals surface area contributed by atoms with Gasteiger partial charge in [-0.1, -0.05) is 6.92 Å². The highest BCUT2D eigenvalue weighted by Gasteiger charge is 2.14. The summed E-state index contributed by atoms with van der Waals surface area (Å²) in [5, 5.41) is 2.87. The van der Waals surface area contributed by atoms with Gasteiger partial charge in [-0.25, -0.2) is 0 Å². The van der Waals surface area contributed by atoms with E-state index in [2.05, 4.69) is 5.32 Å². The van der Waals surface area contributed by atoms with Crippen molar-refractivity contribution in [2.45, 2.75) is 53.0 Å². The van der Waals surface area contributed by atoms with Crippen LogP contribution >= 0.6 is 11.3 Å². The predicted molar refractivity (Wildman–Crippen MR) is 75.3 cm³/mol. The van der Waals surface area contributed by atoms with Crippen LogP contribution in [0.25, 0.3) is 0 Å². The largest absolute Gasteiger partial charge is 0.354 e. The number of hydrogen-bond acceptors (Lipinski definition) is 3. The Morgan fingerprint density at radius 2 is 2.00 bits per heavy atom. The van der Waals surface area contributed by atoms with E-state index in [0.717, 1.165) is 21.7 Å². The van der Waals surface area contributed by atoms with E-state index in [4.69, 9.17) is 0 Å². The van der Waals surface area contributed by atoms with Gasteiger partial charge in [-0.3, -0.25) is 9.59 Å². The molecule has 0 aliphatic heterocycles. The second-order valence-corrected chi connectivity index (χ2v) is 6.09. The maximum absolute atomic E-state index is 12.0. The Labute approximate surface area is 113 Å². The lowest BCUT2D eigenvalue weighted by atomic mass is 10.1. The standard InChI is InChI=1S/C14H21NO2S/c1-5-9(2)15-14(17)7-6-13(16)12-8-10(3)18-11(12)4/h8-9H,5-7H2,1-4H3,(H,15,17). The van der Waals surface area contributed by atoms with Crippen LogP contribution in [-0.4, -0.2) is 17.7 Å². The number of ketones is 1. The van der Waals surface area contributed by atoms with E-state index in [0.29, 0.717) is 6.42 Å². The van der Waals surface area contributed by atoms with E-state index in [1.54, 1.807) is 11.3 Å². The van der Waals surface area contributed by atoms with Crippen molar-refractivity contribution in [3.63, 3.8) is 0 Å². The first kappa shape index (κ1) is 14.9. The Balaban J connectivity index is 2.47. The van der Waals surface area contributed by atoms with E-state index in [-0.39, 0.29) is 24.2 Å². The lowest BCUT2D eigenvalue weighted by Gasteiger charge is -2.10. The molecule has 0 fully saturated rings. The third kappa shape index (κ3) is 4.26. The van der Waals surface area contributed by atoms with Crippen LogP contribution in [0.5, 0.6) is 0 Å². The molecule has 0 aromatic carbocycles. The van der Waals surface area contributed by atoms with Gasteiger partial charge in [-0.15, -0.1) is 11.3 Å². The average molecular weight is 267 g/mol. The van der Waals surface area contributed by atoms with Crippen molar-refractivity contribution < 1.29 is 9.59 Å². The number of thiophene rings is 1. The number of nitrogens with one attached hydrogen (secondary N) is 1. The molecule has 1 aromatic heterocycles. The fraction of sp³-hybridized carbons (Fsp3) is 0.571. The number of hydrogen-bond donors (Lipinski definition) is 1. The molecular weight excluding hydrogens is 246 g/mol. The van der Waals surface area contributed by atoms with Crippen LogP contribution in [0, 0.1) is 13.8 Å². The zero-order chi connectivity index (χ0) is 13.7. The lowest BCUT2D eigenvalue weighted by Crippen LogP contribution is -2.32. The van der Waals surface area contributed by atoms with Crippen LogP contribution in [0.4, 0.5) is 0 Å². The summed E-state index contributed by atoms with van der Waals surface area (Å²) in [7, 11) is 0. The van der Waals surface area contributed by atoms with Crippen molar-refractivity contribution in [3.05, 3.63) is 21.4 Å². The number of aryl methyl sites for hydroxylation is 2. The second kappa shape index (κ2) is 6.69.